The molecule has 0 aliphatic heterocycles. The summed E-state index contributed by atoms with van der Waals surface area (Å²) in [6.45, 7) is 3.81. The first-order chi connectivity index (χ1) is 11.0. The van der Waals surface area contributed by atoms with E-state index in [0.29, 0.717) is 11.4 Å². The average Bonchev–Trinajstić information content (AvgIpc) is 2.84. The molecule has 0 bridgehead atoms. The summed E-state index contributed by atoms with van der Waals surface area (Å²) < 4.78 is 2.77. The number of benzene rings is 1. The van der Waals surface area contributed by atoms with Gasteiger partial charge in [-0.15, -0.1) is 0 Å². The molecule has 0 saturated heterocycles. The van der Waals surface area contributed by atoms with E-state index in [0.717, 1.165) is 21.2 Å². The van der Waals surface area contributed by atoms with Gasteiger partial charge in [0.05, 0.1) is 11.9 Å². The third-order valence-electron chi connectivity index (χ3n) is 3.42. The van der Waals surface area contributed by atoms with Crippen LogP contribution in [0.1, 0.15) is 27.3 Å². The van der Waals surface area contributed by atoms with Crippen molar-refractivity contribution in [1.29, 1.82) is 0 Å². The van der Waals surface area contributed by atoms with Crippen molar-refractivity contribution in [1.82, 2.24) is 14.8 Å². The molecule has 0 saturated carbocycles. The van der Waals surface area contributed by atoms with Gasteiger partial charge in [0.15, 0.2) is 0 Å². The lowest BCUT2D eigenvalue weighted by Gasteiger charge is -2.02. The molecule has 1 amide bonds. The topological polar surface area (TPSA) is 58.8 Å². The van der Waals surface area contributed by atoms with Gasteiger partial charge < -0.3 is 0 Å². The van der Waals surface area contributed by atoms with Gasteiger partial charge in [0.2, 0.25) is 0 Å². The van der Waals surface area contributed by atoms with Gasteiger partial charge in [-0.05, 0) is 49.2 Å². The quantitative estimate of drug-likeness (QED) is 0.566. The summed E-state index contributed by atoms with van der Waals surface area (Å²) in [7, 11) is 0. The van der Waals surface area contributed by atoms with Crippen molar-refractivity contribution in [2.24, 2.45) is 5.10 Å². The second-order valence-electron chi connectivity index (χ2n) is 5.23. The normalized spacial score (nSPS) is 11.3. The first kappa shape index (κ1) is 15.4. The first-order valence-corrected chi connectivity index (χ1v) is 7.88. The van der Waals surface area contributed by atoms with Crippen molar-refractivity contribution in [3.63, 3.8) is 0 Å². The molecule has 0 unspecified atom stereocenters. The molecular formula is C17H15BrN4O. The van der Waals surface area contributed by atoms with Crippen LogP contribution in [0, 0.1) is 13.8 Å². The second-order valence-corrected chi connectivity index (χ2v) is 6.14. The molecule has 5 nitrogen and oxygen atoms in total. The van der Waals surface area contributed by atoms with Gasteiger partial charge >= 0.3 is 0 Å². The summed E-state index contributed by atoms with van der Waals surface area (Å²) in [6, 6.07) is 11.5. The van der Waals surface area contributed by atoms with Crippen LogP contribution in [0.3, 0.4) is 0 Å². The van der Waals surface area contributed by atoms with Gasteiger partial charge in [0.25, 0.3) is 5.91 Å². The van der Waals surface area contributed by atoms with Crippen LogP contribution < -0.4 is 5.43 Å². The zero-order chi connectivity index (χ0) is 16.4. The number of imidazole rings is 1. The summed E-state index contributed by atoms with van der Waals surface area (Å²) in [4.78, 5) is 16.8. The van der Waals surface area contributed by atoms with Crippen LogP contribution >= 0.6 is 15.9 Å². The number of nitrogens with zero attached hydrogens (tertiary/aromatic N) is 3. The van der Waals surface area contributed by atoms with E-state index in [-0.39, 0.29) is 5.91 Å². The highest BCUT2D eigenvalue weighted by Gasteiger charge is 2.15. The molecule has 0 aliphatic carbocycles. The fourth-order valence-corrected chi connectivity index (χ4v) is 2.57. The van der Waals surface area contributed by atoms with Crippen molar-refractivity contribution in [3.05, 3.63) is 69.6 Å². The highest BCUT2D eigenvalue weighted by atomic mass is 79.9. The molecule has 23 heavy (non-hydrogen) atoms. The minimum Gasteiger partial charge on any atom is -0.295 e. The zero-order valence-electron chi connectivity index (χ0n) is 12.7. The van der Waals surface area contributed by atoms with Gasteiger partial charge in [-0.2, -0.15) is 5.10 Å². The summed E-state index contributed by atoms with van der Waals surface area (Å²) in [5.41, 5.74) is 6.48. The van der Waals surface area contributed by atoms with E-state index in [2.05, 4.69) is 31.4 Å². The Kier molecular flexibility index (Phi) is 4.25. The van der Waals surface area contributed by atoms with Crippen molar-refractivity contribution in [3.8, 4) is 0 Å². The Bertz CT molecular complexity index is 897. The summed E-state index contributed by atoms with van der Waals surface area (Å²) in [6.07, 6.45) is 3.45. The van der Waals surface area contributed by atoms with Crippen molar-refractivity contribution in [2.45, 2.75) is 13.8 Å². The highest BCUT2D eigenvalue weighted by molar-refractivity contribution is 9.10. The molecule has 3 aromatic rings. The van der Waals surface area contributed by atoms with Gasteiger partial charge in [0, 0.05) is 10.7 Å². The number of carbonyl (C=O) groups is 1. The standard InChI is InChI=1S/C17H15BrN4O/c1-11-7-8-22-15(9-11)20-12(2)16(22)17(23)21-19-10-13-3-5-14(18)6-4-13/h3-10H,1-2H3,(H,21,23)/b19-10-. The van der Waals surface area contributed by atoms with E-state index in [4.69, 9.17) is 0 Å². The fraction of sp³-hybridized carbons (Fsp3) is 0.118. The average molecular weight is 371 g/mol. The zero-order valence-corrected chi connectivity index (χ0v) is 14.3. The molecule has 1 N–H and O–H groups in total. The second kappa shape index (κ2) is 6.34. The minimum absolute atomic E-state index is 0.285. The van der Waals surface area contributed by atoms with Crippen LogP contribution in [-0.4, -0.2) is 21.5 Å². The minimum atomic E-state index is -0.285. The van der Waals surface area contributed by atoms with Gasteiger partial charge in [0.1, 0.15) is 11.3 Å². The number of aryl methyl sites for hydroxylation is 2. The molecule has 0 radical (unpaired) electrons. The van der Waals surface area contributed by atoms with Crippen LogP contribution in [0.4, 0.5) is 0 Å². The molecule has 3 rings (SSSR count). The third-order valence-corrected chi connectivity index (χ3v) is 3.95. The number of carbonyl (C=O) groups excluding carboxylic acids is 1. The van der Waals surface area contributed by atoms with Crippen LogP contribution in [0.25, 0.3) is 5.65 Å². The monoisotopic (exact) mass is 370 g/mol. The maximum Gasteiger partial charge on any atom is 0.290 e. The maximum atomic E-state index is 12.4. The van der Waals surface area contributed by atoms with E-state index in [1.165, 1.54) is 0 Å². The summed E-state index contributed by atoms with van der Waals surface area (Å²) in [5.74, 6) is -0.285. The van der Waals surface area contributed by atoms with Gasteiger partial charge in [-0.1, -0.05) is 28.1 Å². The lowest BCUT2D eigenvalue weighted by molar-refractivity contribution is 0.0948. The maximum absolute atomic E-state index is 12.4. The van der Waals surface area contributed by atoms with Crippen molar-refractivity contribution < 1.29 is 4.79 Å². The lowest BCUT2D eigenvalue weighted by Crippen LogP contribution is -2.20. The molecule has 116 valence electrons. The SMILES string of the molecule is Cc1ccn2c(C(=O)N/N=C\c3ccc(Br)cc3)c(C)nc2c1. The fourth-order valence-electron chi connectivity index (χ4n) is 2.31. The largest absolute Gasteiger partial charge is 0.295 e. The van der Waals surface area contributed by atoms with E-state index in [1.807, 2.05) is 56.4 Å². The Labute approximate surface area is 142 Å². The number of fused-ring (bicyclic) bond motifs is 1. The van der Waals surface area contributed by atoms with Crippen LogP contribution in [0.2, 0.25) is 0 Å². The van der Waals surface area contributed by atoms with Gasteiger partial charge in [-0.25, -0.2) is 10.4 Å². The molecule has 6 heteroatoms. The van der Waals surface area contributed by atoms with E-state index >= 15 is 0 Å². The smallest absolute Gasteiger partial charge is 0.290 e. The van der Waals surface area contributed by atoms with Gasteiger partial charge in [-0.3, -0.25) is 9.20 Å². The molecule has 1 aromatic carbocycles. The number of hydrogen-bond donors (Lipinski definition) is 1. The number of hydrazone groups is 1. The summed E-state index contributed by atoms with van der Waals surface area (Å²) >= 11 is 3.38. The van der Waals surface area contributed by atoms with E-state index in [9.17, 15) is 4.79 Å². The van der Waals surface area contributed by atoms with Crippen LogP contribution in [0.5, 0.6) is 0 Å². The predicted octanol–water partition coefficient (Wildman–Crippen LogP) is 3.48. The van der Waals surface area contributed by atoms with E-state index in [1.54, 1.807) is 10.6 Å². The lowest BCUT2D eigenvalue weighted by atomic mass is 10.2. The molecule has 2 aromatic heterocycles. The Hall–Kier alpha value is -2.47. The molecule has 2 heterocycles. The Morgan fingerprint density at radius 3 is 2.74 bits per heavy atom. The van der Waals surface area contributed by atoms with Crippen molar-refractivity contribution in [2.75, 3.05) is 0 Å². The number of hydrogen-bond acceptors (Lipinski definition) is 3. The Morgan fingerprint density at radius 2 is 2.00 bits per heavy atom. The Balaban J connectivity index is 1.81. The summed E-state index contributed by atoms with van der Waals surface area (Å²) in [5, 5.41) is 4.01. The van der Waals surface area contributed by atoms with Crippen molar-refractivity contribution >= 4 is 33.7 Å². The highest BCUT2D eigenvalue weighted by Crippen LogP contribution is 2.13. The molecular weight excluding hydrogens is 356 g/mol. The van der Waals surface area contributed by atoms with E-state index < -0.39 is 0 Å². The molecule has 0 spiro atoms. The predicted molar refractivity (Wildman–Crippen MR) is 93.9 cm³/mol. The molecule has 0 aliphatic rings. The number of pyridine rings is 1. The number of rotatable bonds is 3. The first-order valence-electron chi connectivity index (χ1n) is 7.09. The Morgan fingerprint density at radius 1 is 1.26 bits per heavy atom. The molecule has 0 fully saturated rings. The third kappa shape index (κ3) is 3.32. The van der Waals surface area contributed by atoms with Crippen LogP contribution in [0.15, 0.2) is 52.2 Å². The molecule has 0 atom stereocenters. The number of halogens is 1. The number of amides is 1. The van der Waals surface area contributed by atoms with Crippen LogP contribution in [-0.2, 0) is 0 Å². The number of nitrogens with one attached hydrogen (secondary N) is 1. The number of aromatic nitrogens is 2.